The van der Waals surface area contributed by atoms with Gasteiger partial charge in [-0.15, -0.1) is 0 Å². The summed E-state index contributed by atoms with van der Waals surface area (Å²) in [7, 11) is 1.59. The number of nitrogens with one attached hydrogen (secondary N) is 1. The van der Waals surface area contributed by atoms with Crippen molar-refractivity contribution in [2.24, 2.45) is 0 Å². The number of nitrogens with zero attached hydrogens (tertiary/aromatic N) is 2. The van der Waals surface area contributed by atoms with Crippen LogP contribution in [0.1, 0.15) is 65.7 Å². The third-order valence-corrected chi connectivity index (χ3v) is 5.41. The average molecular weight is 409 g/mol. The van der Waals surface area contributed by atoms with Crippen LogP contribution in [0.15, 0.2) is 44.1 Å². The van der Waals surface area contributed by atoms with Crippen molar-refractivity contribution in [2.75, 3.05) is 7.11 Å². The van der Waals surface area contributed by atoms with Crippen LogP contribution in [0.3, 0.4) is 0 Å². The van der Waals surface area contributed by atoms with E-state index in [4.69, 9.17) is 13.7 Å². The smallest absolute Gasteiger partial charge is 0.349 e. The number of hydrogen-bond acceptors (Lipinski definition) is 7. The van der Waals surface area contributed by atoms with E-state index in [0.29, 0.717) is 17.1 Å². The SMILES string of the molecule is COc1ccc(-c2noc(C(C)NC(=O)c3c(C)cc(C4CCC4)oc3=O)n2)cc1. The fraction of sp³-hybridized carbons (Fsp3) is 0.364. The van der Waals surface area contributed by atoms with Crippen LogP contribution < -0.4 is 15.7 Å². The van der Waals surface area contributed by atoms with E-state index >= 15 is 0 Å². The number of aromatic nitrogens is 2. The third kappa shape index (κ3) is 3.85. The van der Waals surface area contributed by atoms with E-state index in [2.05, 4.69) is 15.5 Å². The zero-order chi connectivity index (χ0) is 21.3. The summed E-state index contributed by atoms with van der Waals surface area (Å²) in [5.74, 6) is 1.77. The number of amides is 1. The van der Waals surface area contributed by atoms with Gasteiger partial charge in [0.1, 0.15) is 23.1 Å². The first-order valence-corrected chi connectivity index (χ1v) is 9.89. The molecular weight excluding hydrogens is 386 g/mol. The van der Waals surface area contributed by atoms with Crippen molar-refractivity contribution in [3.8, 4) is 17.1 Å². The lowest BCUT2D eigenvalue weighted by Crippen LogP contribution is -2.32. The second-order valence-electron chi connectivity index (χ2n) is 7.50. The van der Waals surface area contributed by atoms with Gasteiger partial charge in [0.15, 0.2) is 0 Å². The molecule has 1 atom stereocenters. The molecule has 0 saturated heterocycles. The van der Waals surface area contributed by atoms with Gasteiger partial charge >= 0.3 is 5.63 Å². The van der Waals surface area contributed by atoms with Gasteiger partial charge in [0.2, 0.25) is 11.7 Å². The lowest BCUT2D eigenvalue weighted by molar-refractivity contribution is 0.0927. The Bertz CT molecular complexity index is 1110. The zero-order valence-corrected chi connectivity index (χ0v) is 17.1. The molecule has 1 N–H and O–H groups in total. The first-order valence-electron chi connectivity index (χ1n) is 9.89. The van der Waals surface area contributed by atoms with Gasteiger partial charge in [-0.25, -0.2) is 4.79 Å². The number of ether oxygens (including phenoxy) is 1. The summed E-state index contributed by atoms with van der Waals surface area (Å²) in [4.78, 5) is 29.5. The quantitative estimate of drug-likeness (QED) is 0.660. The van der Waals surface area contributed by atoms with Gasteiger partial charge in [-0.3, -0.25) is 4.79 Å². The Labute approximate surface area is 173 Å². The van der Waals surface area contributed by atoms with Crippen LogP contribution in [0.25, 0.3) is 11.4 Å². The summed E-state index contributed by atoms with van der Waals surface area (Å²) >= 11 is 0. The lowest BCUT2D eigenvalue weighted by atomic mass is 9.83. The number of aryl methyl sites for hydroxylation is 1. The predicted molar refractivity (Wildman–Crippen MR) is 108 cm³/mol. The molecule has 0 spiro atoms. The molecule has 1 aliphatic carbocycles. The lowest BCUT2D eigenvalue weighted by Gasteiger charge is -2.24. The topological polar surface area (TPSA) is 107 Å². The highest BCUT2D eigenvalue weighted by Gasteiger charge is 2.26. The first-order chi connectivity index (χ1) is 14.5. The minimum atomic E-state index is -0.619. The highest BCUT2D eigenvalue weighted by Crippen LogP contribution is 2.36. The summed E-state index contributed by atoms with van der Waals surface area (Å²) in [6.45, 7) is 3.45. The van der Waals surface area contributed by atoms with Crippen LogP contribution >= 0.6 is 0 Å². The van der Waals surface area contributed by atoms with E-state index < -0.39 is 17.6 Å². The number of carbonyl (C=O) groups is 1. The number of methoxy groups -OCH3 is 1. The molecule has 1 aromatic carbocycles. The fourth-order valence-corrected chi connectivity index (χ4v) is 3.40. The van der Waals surface area contributed by atoms with Crippen molar-refractivity contribution in [2.45, 2.75) is 45.1 Å². The maximum atomic E-state index is 12.7. The molecular formula is C22H23N3O5. The molecule has 156 valence electrons. The van der Waals surface area contributed by atoms with E-state index in [1.54, 1.807) is 39.2 Å². The molecule has 1 saturated carbocycles. The van der Waals surface area contributed by atoms with Crippen molar-refractivity contribution < 1.29 is 18.5 Å². The Morgan fingerprint density at radius 1 is 1.27 bits per heavy atom. The second kappa shape index (κ2) is 8.14. The second-order valence-corrected chi connectivity index (χ2v) is 7.50. The van der Waals surface area contributed by atoms with Crippen LogP contribution in [-0.2, 0) is 0 Å². The number of rotatable bonds is 6. The molecule has 1 amide bonds. The maximum absolute atomic E-state index is 12.7. The summed E-state index contributed by atoms with van der Waals surface area (Å²) in [6, 6.07) is 8.43. The molecule has 1 fully saturated rings. The van der Waals surface area contributed by atoms with Crippen LogP contribution in [0.2, 0.25) is 0 Å². The average Bonchev–Trinajstić information content (AvgIpc) is 3.16. The minimum Gasteiger partial charge on any atom is -0.497 e. The molecule has 2 heterocycles. The Kier molecular flexibility index (Phi) is 5.39. The van der Waals surface area contributed by atoms with E-state index in [1.165, 1.54) is 0 Å². The Balaban J connectivity index is 1.48. The number of carbonyl (C=O) groups excluding carboxylic acids is 1. The summed E-state index contributed by atoms with van der Waals surface area (Å²) in [6.07, 6.45) is 3.16. The van der Waals surface area contributed by atoms with Gasteiger partial charge in [0.25, 0.3) is 5.91 Å². The van der Waals surface area contributed by atoms with E-state index in [1.807, 2.05) is 12.1 Å². The van der Waals surface area contributed by atoms with Crippen LogP contribution in [0.4, 0.5) is 0 Å². The molecule has 3 aromatic rings. The van der Waals surface area contributed by atoms with Gasteiger partial charge in [-0.05, 0) is 62.6 Å². The zero-order valence-electron chi connectivity index (χ0n) is 17.1. The van der Waals surface area contributed by atoms with Gasteiger partial charge in [0, 0.05) is 11.5 Å². The van der Waals surface area contributed by atoms with Gasteiger partial charge in [-0.2, -0.15) is 4.98 Å². The predicted octanol–water partition coefficient (Wildman–Crippen LogP) is 3.77. The fourth-order valence-electron chi connectivity index (χ4n) is 3.40. The largest absolute Gasteiger partial charge is 0.497 e. The molecule has 0 aliphatic heterocycles. The molecule has 8 heteroatoms. The van der Waals surface area contributed by atoms with E-state index in [0.717, 1.165) is 30.6 Å². The summed E-state index contributed by atoms with van der Waals surface area (Å²) in [5, 5.41) is 6.71. The van der Waals surface area contributed by atoms with Gasteiger partial charge in [-0.1, -0.05) is 11.6 Å². The molecule has 30 heavy (non-hydrogen) atoms. The van der Waals surface area contributed by atoms with Crippen LogP contribution in [0.5, 0.6) is 5.75 Å². The van der Waals surface area contributed by atoms with Crippen molar-refractivity contribution in [3.63, 3.8) is 0 Å². The van der Waals surface area contributed by atoms with E-state index in [9.17, 15) is 9.59 Å². The Morgan fingerprint density at radius 3 is 2.60 bits per heavy atom. The van der Waals surface area contributed by atoms with Crippen molar-refractivity contribution >= 4 is 5.91 Å². The third-order valence-electron chi connectivity index (χ3n) is 5.41. The molecule has 0 bridgehead atoms. The standard InChI is InChI=1S/C22H23N3O5/c1-12-11-17(14-5-4-6-14)29-22(27)18(12)20(26)23-13(2)21-24-19(25-30-21)15-7-9-16(28-3)10-8-15/h7-11,13-14H,4-6H2,1-3H3,(H,23,26). The van der Waals surface area contributed by atoms with Crippen molar-refractivity contribution in [1.82, 2.24) is 15.5 Å². The first kappa shape index (κ1) is 19.9. The van der Waals surface area contributed by atoms with Gasteiger partial charge in [0.05, 0.1) is 7.11 Å². The summed E-state index contributed by atoms with van der Waals surface area (Å²) in [5.41, 5.74) is 0.737. The van der Waals surface area contributed by atoms with Gasteiger partial charge < -0.3 is 19.0 Å². The van der Waals surface area contributed by atoms with Crippen LogP contribution in [0, 0.1) is 6.92 Å². The molecule has 4 rings (SSSR count). The maximum Gasteiger partial charge on any atom is 0.349 e. The number of benzene rings is 1. The number of hydrogen-bond donors (Lipinski definition) is 1. The Morgan fingerprint density at radius 2 is 2.00 bits per heavy atom. The molecule has 1 aliphatic rings. The van der Waals surface area contributed by atoms with Crippen LogP contribution in [-0.4, -0.2) is 23.2 Å². The summed E-state index contributed by atoms with van der Waals surface area (Å²) < 4.78 is 15.8. The van der Waals surface area contributed by atoms with Crippen molar-refractivity contribution in [3.05, 3.63) is 63.5 Å². The minimum absolute atomic E-state index is 0.000170. The Hall–Kier alpha value is -3.42. The molecule has 2 aromatic heterocycles. The normalized spacial score (nSPS) is 14.8. The highest BCUT2D eigenvalue weighted by atomic mass is 16.5. The van der Waals surface area contributed by atoms with Crippen molar-refractivity contribution in [1.29, 1.82) is 0 Å². The monoisotopic (exact) mass is 409 g/mol. The molecule has 1 unspecified atom stereocenters. The molecule has 0 radical (unpaired) electrons. The van der Waals surface area contributed by atoms with E-state index in [-0.39, 0.29) is 17.4 Å². The molecule has 8 nitrogen and oxygen atoms in total. The highest BCUT2D eigenvalue weighted by molar-refractivity contribution is 5.95.